The van der Waals surface area contributed by atoms with Gasteiger partial charge in [0.25, 0.3) is 0 Å². The molecule has 0 spiro atoms. The molecule has 1 aromatic rings. The molecule has 1 fully saturated rings. The second-order valence-corrected chi connectivity index (χ2v) is 5.59. The van der Waals surface area contributed by atoms with Crippen molar-refractivity contribution in [3.05, 3.63) is 30.3 Å². The zero-order chi connectivity index (χ0) is 15.2. The van der Waals surface area contributed by atoms with Crippen molar-refractivity contribution in [2.45, 2.75) is 38.1 Å². The number of likely N-dealkylation sites (N-methyl/N-ethyl adjacent to an activating group) is 1. The summed E-state index contributed by atoms with van der Waals surface area (Å²) in [6, 6.07) is 8.53. The summed E-state index contributed by atoms with van der Waals surface area (Å²) in [7, 11) is 1.48. The van der Waals surface area contributed by atoms with Crippen LogP contribution in [0.4, 0.5) is 10.5 Å². The van der Waals surface area contributed by atoms with Crippen molar-refractivity contribution in [3.63, 3.8) is 0 Å². The van der Waals surface area contributed by atoms with E-state index in [9.17, 15) is 14.7 Å². The van der Waals surface area contributed by atoms with Gasteiger partial charge in [-0.1, -0.05) is 37.5 Å². The van der Waals surface area contributed by atoms with Crippen LogP contribution in [0.5, 0.6) is 0 Å². The Labute approximate surface area is 125 Å². The molecule has 1 saturated carbocycles. The fraction of sp³-hybridized carbons (Fsp3) is 0.500. The SMILES string of the molecule is CN(C(=O)O)C(C(=O)Nc1ccccc1)C1CCCCC1. The van der Waals surface area contributed by atoms with Gasteiger partial charge in [-0.05, 0) is 30.9 Å². The van der Waals surface area contributed by atoms with Gasteiger partial charge in [0.2, 0.25) is 5.91 Å². The molecule has 1 aliphatic carbocycles. The molecule has 1 atom stereocenters. The standard InChI is InChI=1S/C16H22N2O3/c1-18(16(20)21)14(12-8-4-2-5-9-12)15(19)17-13-10-6-3-7-11-13/h3,6-7,10-12,14H,2,4-5,8-9H2,1H3,(H,17,19)(H,20,21). The Hall–Kier alpha value is -2.04. The van der Waals surface area contributed by atoms with Crippen molar-refractivity contribution in [3.8, 4) is 0 Å². The number of carbonyl (C=O) groups excluding carboxylic acids is 1. The number of amides is 2. The summed E-state index contributed by atoms with van der Waals surface area (Å²) < 4.78 is 0. The summed E-state index contributed by atoms with van der Waals surface area (Å²) in [4.78, 5) is 25.0. The van der Waals surface area contributed by atoms with Gasteiger partial charge in [-0.2, -0.15) is 0 Å². The normalized spacial score (nSPS) is 17.0. The first-order chi connectivity index (χ1) is 10.1. The number of nitrogens with zero attached hydrogens (tertiary/aromatic N) is 1. The second kappa shape index (κ2) is 7.11. The molecule has 1 unspecified atom stereocenters. The topological polar surface area (TPSA) is 69.6 Å². The van der Waals surface area contributed by atoms with E-state index >= 15 is 0 Å². The quantitative estimate of drug-likeness (QED) is 0.894. The van der Waals surface area contributed by atoms with Crippen molar-refractivity contribution in [2.75, 3.05) is 12.4 Å². The number of hydrogen-bond acceptors (Lipinski definition) is 2. The molecule has 114 valence electrons. The van der Waals surface area contributed by atoms with Gasteiger partial charge in [-0.15, -0.1) is 0 Å². The third-order valence-corrected chi connectivity index (χ3v) is 4.13. The van der Waals surface area contributed by atoms with Crippen LogP contribution in [0.2, 0.25) is 0 Å². The highest BCUT2D eigenvalue weighted by Crippen LogP contribution is 2.29. The molecule has 2 N–H and O–H groups in total. The first-order valence-corrected chi connectivity index (χ1v) is 7.41. The molecular formula is C16H22N2O3. The van der Waals surface area contributed by atoms with Crippen LogP contribution in [0.15, 0.2) is 30.3 Å². The molecule has 0 radical (unpaired) electrons. The molecule has 0 heterocycles. The number of hydrogen-bond donors (Lipinski definition) is 2. The summed E-state index contributed by atoms with van der Waals surface area (Å²) in [6.45, 7) is 0. The predicted molar refractivity (Wildman–Crippen MR) is 81.2 cm³/mol. The highest BCUT2D eigenvalue weighted by atomic mass is 16.4. The van der Waals surface area contributed by atoms with E-state index in [4.69, 9.17) is 0 Å². The van der Waals surface area contributed by atoms with Gasteiger partial charge in [0.1, 0.15) is 6.04 Å². The number of carbonyl (C=O) groups is 2. The Kier molecular flexibility index (Phi) is 5.20. The summed E-state index contributed by atoms with van der Waals surface area (Å²) in [5.41, 5.74) is 0.696. The molecule has 0 saturated heterocycles. The van der Waals surface area contributed by atoms with E-state index in [1.54, 1.807) is 12.1 Å². The van der Waals surface area contributed by atoms with Crippen LogP contribution < -0.4 is 5.32 Å². The van der Waals surface area contributed by atoms with Crippen molar-refractivity contribution in [2.24, 2.45) is 5.92 Å². The summed E-state index contributed by atoms with van der Waals surface area (Å²) in [5, 5.41) is 12.1. The largest absolute Gasteiger partial charge is 0.465 e. The molecule has 5 heteroatoms. The Bertz CT molecular complexity index is 484. The molecule has 1 aromatic carbocycles. The molecule has 2 amide bonds. The zero-order valence-electron chi connectivity index (χ0n) is 12.3. The summed E-state index contributed by atoms with van der Waals surface area (Å²) in [5.74, 6) is -0.137. The lowest BCUT2D eigenvalue weighted by Crippen LogP contribution is -2.49. The molecule has 5 nitrogen and oxygen atoms in total. The van der Waals surface area contributed by atoms with Gasteiger partial charge >= 0.3 is 6.09 Å². The minimum Gasteiger partial charge on any atom is -0.465 e. The van der Waals surface area contributed by atoms with Crippen LogP contribution in [0.25, 0.3) is 0 Å². The molecule has 1 aliphatic rings. The Morgan fingerprint density at radius 1 is 1.19 bits per heavy atom. The van der Waals surface area contributed by atoms with Crippen LogP contribution in [0.1, 0.15) is 32.1 Å². The summed E-state index contributed by atoms with van der Waals surface area (Å²) >= 11 is 0. The lowest BCUT2D eigenvalue weighted by molar-refractivity contribution is -0.122. The molecule has 21 heavy (non-hydrogen) atoms. The monoisotopic (exact) mass is 290 g/mol. The first-order valence-electron chi connectivity index (χ1n) is 7.41. The van der Waals surface area contributed by atoms with Crippen LogP contribution in [-0.2, 0) is 4.79 Å². The Morgan fingerprint density at radius 3 is 2.38 bits per heavy atom. The van der Waals surface area contributed by atoms with Crippen LogP contribution in [0, 0.1) is 5.92 Å². The Balaban J connectivity index is 2.13. The number of rotatable bonds is 4. The number of anilines is 1. The fourth-order valence-corrected chi connectivity index (χ4v) is 3.01. The smallest absolute Gasteiger partial charge is 0.407 e. The Morgan fingerprint density at radius 2 is 1.81 bits per heavy atom. The molecule has 0 aromatic heterocycles. The van der Waals surface area contributed by atoms with E-state index in [1.165, 1.54) is 13.5 Å². The number of nitrogens with one attached hydrogen (secondary N) is 1. The van der Waals surface area contributed by atoms with E-state index in [0.717, 1.165) is 30.6 Å². The zero-order valence-corrected chi connectivity index (χ0v) is 12.3. The van der Waals surface area contributed by atoms with E-state index in [2.05, 4.69) is 5.32 Å². The van der Waals surface area contributed by atoms with E-state index in [0.29, 0.717) is 5.69 Å². The third-order valence-electron chi connectivity index (χ3n) is 4.13. The molecule has 0 aliphatic heterocycles. The highest BCUT2D eigenvalue weighted by molar-refractivity contribution is 5.96. The highest BCUT2D eigenvalue weighted by Gasteiger charge is 2.35. The molecule has 2 rings (SSSR count). The first kappa shape index (κ1) is 15.4. The minimum atomic E-state index is -1.06. The lowest BCUT2D eigenvalue weighted by Gasteiger charge is -2.34. The fourth-order valence-electron chi connectivity index (χ4n) is 3.01. The van der Waals surface area contributed by atoms with E-state index in [1.807, 2.05) is 18.2 Å². The summed E-state index contributed by atoms with van der Waals surface area (Å²) in [6.07, 6.45) is 4.05. The van der Waals surface area contributed by atoms with Crippen LogP contribution in [0.3, 0.4) is 0 Å². The van der Waals surface area contributed by atoms with E-state index in [-0.39, 0.29) is 11.8 Å². The minimum absolute atomic E-state index is 0.101. The van der Waals surface area contributed by atoms with Crippen LogP contribution >= 0.6 is 0 Å². The van der Waals surface area contributed by atoms with Gasteiger partial charge in [0, 0.05) is 12.7 Å². The third kappa shape index (κ3) is 3.97. The maximum absolute atomic E-state index is 12.5. The van der Waals surface area contributed by atoms with Crippen molar-refractivity contribution in [1.82, 2.24) is 4.90 Å². The van der Waals surface area contributed by atoms with Gasteiger partial charge in [0.05, 0.1) is 0 Å². The maximum Gasteiger partial charge on any atom is 0.407 e. The number of benzene rings is 1. The molecule has 0 bridgehead atoms. The average molecular weight is 290 g/mol. The average Bonchev–Trinajstić information content (AvgIpc) is 2.49. The van der Waals surface area contributed by atoms with Crippen molar-refractivity contribution >= 4 is 17.7 Å². The number of para-hydroxylation sites is 1. The van der Waals surface area contributed by atoms with Crippen molar-refractivity contribution in [1.29, 1.82) is 0 Å². The van der Waals surface area contributed by atoms with Gasteiger partial charge < -0.3 is 10.4 Å². The van der Waals surface area contributed by atoms with E-state index < -0.39 is 12.1 Å². The van der Waals surface area contributed by atoms with Gasteiger partial charge in [0.15, 0.2) is 0 Å². The van der Waals surface area contributed by atoms with Crippen molar-refractivity contribution < 1.29 is 14.7 Å². The van der Waals surface area contributed by atoms with Crippen LogP contribution in [-0.4, -0.2) is 35.1 Å². The maximum atomic E-state index is 12.5. The second-order valence-electron chi connectivity index (χ2n) is 5.59. The number of carboxylic acid groups (broad SMARTS) is 1. The van der Waals surface area contributed by atoms with Gasteiger partial charge in [-0.25, -0.2) is 4.79 Å². The van der Waals surface area contributed by atoms with Gasteiger partial charge in [-0.3, -0.25) is 9.69 Å². The lowest BCUT2D eigenvalue weighted by atomic mass is 9.83. The predicted octanol–water partition coefficient (Wildman–Crippen LogP) is 3.18. The molecular weight excluding hydrogens is 268 g/mol.